The largest absolute Gasteiger partial charge is 0.329 e. The monoisotopic (exact) mass is 227 g/mol. The van der Waals surface area contributed by atoms with Crippen LogP contribution < -0.4 is 5.32 Å². The van der Waals surface area contributed by atoms with E-state index in [1.807, 2.05) is 13.0 Å². The van der Waals surface area contributed by atoms with Crippen LogP contribution in [0.2, 0.25) is 0 Å². The van der Waals surface area contributed by atoms with Crippen LogP contribution >= 0.6 is 11.6 Å². The third kappa shape index (κ3) is 6.97. The Hall–Kier alpha value is -1.02. The van der Waals surface area contributed by atoms with Crippen LogP contribution in [0, 0.1) is 0 Å². The highest BCUT2D eigenvalue weighted by Crippen LogP contribution is 2.11. The number of rotatable bonds is 8. The topological polar surface area (TPSA) is 29.1 Å². The number of amides is 1. The van der Waals surface area contributed by atoms with E-state index in [1.165, 1.54) is 0 Å². The molecule has 0 unspecified atom stereocenters. The highest BCUT2D eigenvalue weighted by molar-refractivity contribution is 6.17. The Morgan fingerprint density at radius 1 is 1.47 bits per heavy atom. The molecular weight excluding hydrogens is 210 g/mol. The van der Waals surface area contributed by atoms with E-state index in [0.717, 1.165) is 30.5 Å². The number of nitrogens with one attached hydrogen (secondary N) is 1. The minimum Gasteiger partial charge on any atom is -0.329 e. The Morgan fingerprint density at radius 3 is 2.73 bits per heavy atom. The average molecular weight is 228 g/mol. The van der Waals surface area contributed by atoms with Crippen LogP contribution in [0.1, 0.15) is 26.2 Å². The van der Waals surface area contributed by atoms with Gasteiger partial charge in [-0.15, -0.1) is 11.6 Å². The van der Waals surface area contributed by atoms with Crippen molar-refractivity contribution in [1.82, 2.24) is 5.32 Å². The van der Waals surface area contributed by atoms with Gasteiger partial charge in [0.2, 0.25) is 6.41 Å². The van der Waals surface area contributed by atoms with Crippen LogP contribution in [-0.4, -0.2) is 12.3 Å². The van der Waals surface area contributed by atoms with Gasteiger partial charge < -0.3 is 5.32 Å². The van der Waals surface area contributed by atoms with Crippen molar-refractivity contribution in [3.63, 3.8) is 0 Å². The van der Waals surface area contributed by atoms with Crippen LogP contribution in [0.25, 0.3) is 0 Å². The Kier molecular flexibility index (Phi) is 8.88. The summed E-state index contributed by atoms with van der Waals surface area (Å²) in [6.07, 6.45) is 9.00. The molecule has 3 heteroatoms. The Labute approximate surface area is 96.7 Å². The summed E-state index contributed by atoms with van der Waals surface area (Å²) in [6.45, 7) is 5.59. The van der Waals surface area contributed by atoms with Crippen molar-refractivity contribution in [3.8, 4) is 0 Å². The molecule has 0 spiro atoms. The van der Waals surface area contributed by atoms with Gasteiger partial charge in [-0.1, -0.05) is 18.7 Å². The third-order valence-electron chi connectivity index (χ3n) is 2.01. The molecule has 1 amide bonds. The first-order valence-corrected chi connectivity index (χ1v) is 5.54. The number of halogens is 1. The van der Waals surface area contributed by atoms with Gasteiger partial charge in [0.1, 0.15) is 0 Å². The fraction of sp³-hybridized carbons (Fsp3) is 0.417. The van der Waals surface area contributed by atoms with Crippen LogP contribution in [0.15, 0.2) is 36.1 Å². The molecule has 0 saturated carbocycles. The van der Waals surface area contributed by atoms with Gasteiger partial charge in [0, 0.05) is 11.6 Å². The minimum atomic E-state index is 0.687. The van der Waals surface area contributed by atoms with E-state index in [-0.39, 0.29) is 0 Å². The number of hydrogen-bond acceptors (Lipinski definition) is 1. The SMILES string of the molecule is C=C/C=C\C(NC=O)=C(/C)CCCCCl. The first-order chi connectivity index (χ1) is 7.26. The Balaban J connectivity index is 4.37. The molecule has 0 aromatic carbocycles. The molecule has 84 valence electrons. The summed E-state index contributed by atoms with van der Waals surface area (Å²) in [4.78, 5) is 10.4. The van der Waals surface area contributed by atoms with Crippen molar-refractivity contribution >= 4 is 18.0 Å². The normalized spacial score (nSPS) is 12.4. The molecule has 15 heavy (non-hydrogen) atoms. The molecule has 0 aliphatic heterocycles. The van der Waals surface area contributed by atoms with Crippen molar-refractivity contribution in [1.29, 1.82) is 0 Å². The van der Waals surface area contributed by atoms with E-state index in [1.54, 1.807) is 12.2 Å². The quantitative estimate of drug-likeness (QED) is 0.294. The fourth-order valence-electron chi connectivity index (χ4n) is 1.16. The van der Waals surface area contributed by atoms with Gasteiger partial charge in [0.05, 0.1) is 0 Å². The molecule has 0 rings (SSSR count). The van der Waals surface area contributed by atoms with Crippen LogP contribution in [0.4, 0.5) is 0 Å². The van der Waals surface area contributed by atoms with E-state index >= 15 is 0 Å². The Bertz CT molecular complexity index is 256. The second-order valence-electron chi connectivity index (χ2n) is 3.20. The van der Waals surface area contributed by atoms with Crippen LogP contribution in [-0.2, 0) is 4.79 Å². The lowest BCUT2D eigenvalue weighted by Gasteiger charge is -2.06. The standard InChI is InChI=1S/C12H18ClNO/c1-3-4-8-12(14-10-15)11(2)7-5-6-9-13/h3-4,8,10H,1,5-7,9H2,2H3,(H,14,15)/b8-4-,12-11-. The predicted molar refractivity (Wildman–Crippen MR) is 65.8 cm³/mol. The number of carbonyl (C=O) groups is 1. The van der Waals surface area contributed by atoms with E-state index < -0.39 is 0 Å². The zero-order valence-corrected chi connectivity index (χ0v) is 9.89. The van der Waals surface area contributed by atoms with Crippen molar-refractivity contribution in [2.75, 3.05) is 5.88 Å². The summed E-state index contributed by atoms with van der Waals surface area (Å²) >= 11 is 5.59. The molecule has 0 aromatic heterocycles. The molecule has 0 aromatic rings. The van der Waals surface area contributed by atoms with Gasteiger partial charge >= 0.3 is 0 Å². The summed E-state index contributed by atoms with van der Waals surface area (Å²) in [5, 5.41) is 2.68. The molecule has 0 aliphatic rings. The number of unbranched alkanes of at least 4 members (excludes halogenated alkanes) is 1. The molecule has 0 heterocycles. The molecule has 0 aliphatic carbocycles. The van der Waals surface area contributed by atoms with Gasteiger partial charge in [-0.2, -0.15) is 0 Å². The highest BCUT2D eigenvalue weighted by Gasteiger charge is 1.98. The second kappa shape index (κ2) is 9.53. The average Bonchev–Trinajstić information content (AvgIpc) is 2.24. The summed E-state index contributed by atoms with van der Waals surface area (Å²) in [5.41, 5.74) is 2.00. The maximum atomic E-state index is 10.4. The van der Waals surface area contributed by atoms with Gasteiger partial charge in [0.15, 0.2) is 0 Å². The van der Waals surface area contributed by atoms with Crippen molar-refractivity contribution in [2.24, 2.45) is 0 Å². The van der Waals surface area contributed by atoms with E-state index in [4.69, 9.17) is 11.6 Å². The maximum Gasteiger partial charge on any atom is 0.211 e. The fourth-order valence-corrected chi connectivity index (χ4v) is 1.35. The summed E-state index contributed by atoms with van der Waals surface area (Å²) in [5.74, 6) is 0.687. The van der Waals surface area contributed by atoms with Gasteiger partial charge in [-0.25, -0.2) is 0 Å². The first kappa shape index (κ1) is 14.0. The minimum absolute atomic E-state index is 0.687. The van der Waals surface area contributed by atoms with Gasteiger partial charge in [0.25, 0.3) is 0 Å². The van der Waals surface area contributed by atoms with Gasteiger partial charge in [-0.05, 0) is 37.8 Å². The lowest BCUT2D eigenvalue weighted by Crippen LogP contribution is -2.10. The first-order valence-electron chi connectivity index (χ1n) is 5.01. The molecule has 0 fully saturated rings. The second-order valence-corrected chi connectivity index (χ2v) is 3.58. The predicted octanol–water partition coefficient (Wildman–Crippen LogP) is 3.16. The molecule has 2 nitrogen and oxygen atoms in total. The smallest absolute Gasteiger partial charge is 0.211 e. The van der Waals surface area contributed by atoms with Gasteiger partial charge in [-0.3, -0.25) is 4.79 Å². The van der Waals surface area contributed by atoms with Crippen molar-refractivity contribution in [2.45, 2.75) is 26.2 Å². The van der Waals surface area contributed by atoms with Crippen molar-refractivity contribution < 1.29 is 4.79 Å². The molecule has 1 N–H and O–H groups in total. The van der Waals surface area contributed by atoms with Crippen LogP contribution in [0.3, 0.4) is 0 Å². The highest BCUT2D eigenvalue weighted by atomic mass is 35.5. The number of hydrogen-bond donors (Lipinski definition) is 1. The summed E-state index contributed by atoms with van der Waals surface area (Å²) in [7, 11) is 0. The van der Waals surface area contributed by atoms with E-state index in [2.05, 4.69) is 11.9 Å². The number of allylic oxidation sites excluding steroid dienone is 4. The Morgan fingerprint density at radius 2 is 2.20 bits per heavy atom. The maximum absolute atomic E-state index is 10.4. The zero-order chi connectivity index (χ0) is 11.5. The lowest BCUT2D eigenvalue weighted by atomic mass is 10.1. The third-order valence-corrected chi connectivity index (χ3v) is 2.28. The number of alkyl halides is 1. The lowest BCUT2D eigenvalue weighted by molar-refractivity contribution is -0.108. The molecule has 0 radical (unpaired) electrons. The summed E-state index contributed by atoms with van der Waals surface area (Å²) < 4.78 is 0. The molecule has 0 bridgehead atoms. The van der Waals surface area contributed by atoms with E-state index in [9.17, 15) is 4.79 Å². The molecule has 0 saturated heterocycles. The van der Waals surface area contributed by atoms with Crippen molar-refractivity contribution in [3.05, 3.63) is 36.1 Å². The zero-order valence-electron chi connectivity index (χ0n) is 9.13. The van der Waals surface area contributed by atoms with Crippen LogP contribution in [0.5, 0.6) is 0 Å². The molecule has 0 atom stereocenters. The van der Waals surface area contributed by atoms with E-state index in [0.29, 0.717) is 12.3 Å². The number of carbonyl (C=O) groups excluding carboxylic acids is 1. The summed E-state index contributed by atoms with van der Waals surface area (Å²) in [6, 6.07) is 0. The molecular formula is C12H18ClNO.